The molecule has 2 atom stereocenters. The summed E-state index contributed by atoms with van der Waals surface area (Å²) in [5.74, 6) is 0.110. The van der Waals surface area contributed by atoms with E-state index in [-0.39, 0.29) is 11.7 Å². The first-order valence-corrected chi connectivity index (χ1v) is 8.46. The molecule has 3 heterocycles. The maximum absolute atomic E-state index is 13.2. The van der Waals surface area contributed by atoms with E-state index in [1.807, 2.05) is 4.90 Å². The predicted molar refractivity (Wildman–Crippen MR) is 89.1 cm³/mol. The van der Waals surface area contributed by atoms with Gasteiger partial charge in [0.1, 0.15) is 5.82 Å². The first kappa shape index (κ1) is 15.9. The fourth-order valence-electron chi connectivity index (χ4n) is 3.65. The van der Waals surface area contributed by atoms with Crippen LogP contribution in [0.15, 0.2) is 29.3 Å². The van der Waals surface area contributed by atoms with Gasteiger partial charge in [-0.2, -0.15) is 0 Å². The number of benzene rings is 1. The number of likely N-dealkylation sites (N-methyl/N-ethyl adjacent to an activating group) is 1. The Bertz CT molecular complexity index is 729. The quantitative estimate of drug-likeness (QED) is 0.867. The van der Waals surface area contributed by atoms with Crippen molar-refractivity contribution < 1.29 is 14.0 Å². The van der Waals surface area contributed by atoms with Gasteiger partial charge < -0.3 is 14.7 Å². The number of nitrogens with zero attached hydrogens (tertiary/aromatic N) is 4. The van der Waals surface area contributed by atoms with E-state index in [2.05, 4.69) is 10.2 Å². The van der Waals surface area contributed by atoms with E-state index in [1.54, 1.807) is 19.2 Å². The summed E-state index contributed by atoms with van der Waals surface area (Å²) >= 11 is 0. The minimum atomic E-state index is -0.566. The van der Waals surface area contributed by atoms with E-state index in [9.17, 15) is 14.0 Å². The Balaban J connectivity index is 1.67. The van der Waals surface area contributed by atoms with Crippen LogP contribution in [0.4, 0.5) is 9.18 Å². The number of fused-ring (bicyclic) bond motifs is 1. The van der Waals surface area contributed by atoms with Crippen molar-refractivity contribution >= 4 is 17.9 Å². The Morgan fingerprint density at radius 3 is 2.56 bits per heavy atom. The summed E-state index contributed by atoms with van der Waals surface area (Å²) < 4.78 is 13.2. The third kappa shape index (κ3) is 2.71. The molecule has 3 amide bonds. The highest BCUT2D eigenvalue weighted by Crippen LogP contribution is 2.28. The van der Waals surface area contributed by atoms with Crippen LogP contribution in [0.25, 0.3) is 0 Å². The minimum absolute atomic E-state index is 0.294. The Kier molecular flexibility index (Phi) is 3.82. The lowest BCUT2D eigenvalue weighted by Crippen LogP contribution is -2.64. The molecule has 0 aromatic heterocycles. The highest BCUT2D eigenvalue weighted by atomic mass is 19.1. The van der Waals surface area contributed by atoms with E-state index in [1.165, 1.54) is 17.0 Å². The summed E-state index contributed by atoms with van der Waals surface area (Å²) in [6, 6.07) is 5.24. The van der Waals surface area contributed by atoms with Gasteiger partial charge in [0, 0.05) is 26.7 Å². The third-order valence-corrected chi connectivity index (χ3v) is 4.99. The summed E-state index contributed by atoms with van der Waals surface area (Å²) in [6.45, 7) is 2.21. The Labute approximate surface area is 145 Å². The molecule has 2 fully saturated rings. The average molecular weight is 345 g/mol. The molecule has 0 spiro atoms. The van der Waals surface area contributed by atoms with Crippen LogP contribution >= 0.6 is 0 Å². The zero-order chi connectivity index (χ0) is 17.6. The molecule has 2 saturated heterocycles. The van der Waals surface area contributed by atoms with Crippen molar-refractivity contribution in [2.24, 2.45) is 4.99 Å². The van der Waals surface area contributed by atoms with Crippen molar-refractivity contribution in [3.63, 3.8) is 0 Å². The fourth-order valence-corrected chi connectivity index (χ4v) is 3.65. The molecule has 3 aliphatic rings. The average Bonchev–Trinajstić information content (AvgIpc) is 3.23. The van der Waals surface area contributed by atoms with Gasteiger partial charge in [-0.25, -0.2) is 14.2 Å². The SMILES string of the molecule is CN1C(=O)NC(=O)C2C1N=C(N1CCCC1)N2Cc1ccc(F)cc1. The molecule has 1 N–H and O–H groups in total. The second-order valence-corrected chi connectivity index (χ2v) is 6.64. The summed E-state index contributed by atoms with van der Waals surface area (Å²) in [7, 11) is 1.64. The van der Waals surface area contributed by atoms with Crippen LogP contribution in [0.1, 0.15) is 18.4 Å². The molecule has 25 heavy (non-hydrogen) atoms. The number of carbonyl (C=O) groups is 2. The Morgan fingerprint density at radius 1 is 1.20 bits per heavy atom. The normalized spacial score (nSPS) is 26.0. The van der Waals surface area contributed by atoms with Crippen LogP contribution in [0, 0.1) is 5.82 Å². The summed E-state index contributed by atoms with van der Waals surface area (Å²) in [4.78, 5) is 34.7. The maximum atomic E-state index is 13.2. The minimum Gasteiger partial charge on any atom is -0.343 e. The second-order valence-electron chi connectivity index (χ2n) is 6.64. The van der Waals surface area contributed by atoms with Gasteiger partial charge in [0.25, 0.3) is 5.91 Å². The van der Waals surface area contributed by atoms with E-state index < -0.39 is 18.2 Å². The molecule has 2 unspecified atom stereocenters. The number of amides is 3. The van der Waals surface area contributed by atoms with Crippen LogP contribution in [0.5, 0.6) is 0 Å². The van der Waals surface area contributed by atoms with Gasteiger partial charge >= 0.3 is 6.03 Å². The van der Waals surface area contributed by atoms with Crippen molar-refractivity contribution in [1.82, 2.24) is 20.0 Å². The smallest absolute Gasteiger partial charge is 0.325 e. The van der Waals surface area contributed by atoms with Crippen LogP contribution in [-0.2, 0) is 11.3 Å². The van der Waals surface area contributed by atoms with Crippen molar-refractivity contribution in [2.45, 2.75) is 31.6 Å². The molecular weight excluding hydrogens is 325 g/mol. The zero-order valence-electron chi connectivity index (χ0n) is 14.0. The molecule has 4 rings (SSSR count). The molecule has 7 nitrogen and oxygen atoms in total. The molecule has 3 aliphatic heterocycles. The Hall–Kier alpha value is -2.64. The number of rotatable bonds is 2. The van der Waals surface area contributed by atoms with Gasteiger partial charge in [-0.1, -0.05) is 12.1 Å². The number of hydrogen-bond acceptors (Lipinski definition) is 5. The fraction of sp³-hybridized carbons (Fsp3) is 0.471. The Morgan fingerprint density at radius 2 is 1.88 bits per heavy atom. The van der Waals surface area contributed by atoms with Gasteiger partial charge in [-0.15, -0.1) is 0 Å². The zero-order valence-corrected chi connectivity index (χ0v) is 14.0. The summed E-state index contributed by atoms with van der Waals surface area (Å²) in [5.41, 5.74) is 0.890. The topological polar surface area (TPSA) is 68.2 Å². The number of halogens is 1. The second kappa shape index (κ2) is 6.02. The monoisotopic (exact) mass is 345 g/mol. The number of imide groups is 1. The molecular formula is C17H20FN5O2. The molecule has 132 valence electrons. The lowest BCUT2D eigenvalue weighted by Gasteiger charge is -2.37. The number of likely N-dealkylation sites (tertiary alicyclic amines) is 1. The van der Waals surface area contributed by atoms with E-state index >= 15 is 0 Å². The highest BCUT2D eigenvalue weighted by Gasteiger charge is 2.49. The van der Waals surface area contributed by atoms with Crippen molar-refractivity contribution in [3.8, 4) is 0 Å². The lowest BCUT2D eigenvalue weighted by atomic mass is 10.1. The van der Waals surface area contributed by atoms with Crippen LogP contribution in [0.3, 0.4) is 0 Å². The van der Waals surface area contributed by atoms with Crippen LogP contribution in [-0.4, -0.2) is 64.9 Å². The van der Waals surface area contributed by atoms with Gasteiger partial charge in [-0.05, 0) is 30.5 Å². The van der Waals surface area contributed by atoms with E-state index in [0.29, 0.717) is 6.54 Å². The first-order chi connectivity index (χ1) is 12.0. The molecule has 0 bridgehead atoms. The lowest BCUT2D eigenvalue weighted by molar-refractivity contribution is -0.127. The van der Waals surface area contributed by atoms with Crippen molar-refractivity contribution in [3.05, 3.63) is 35.6 Å². The van der Waals surface area contributed by atoms with Gasteiger partial charge in [0.15, 0.2) is 18.2 Å². The largest absolute Gasteiger partial charge is 0.343 e. The number of aliphatic imine (C=N–C) groups is 1. The van der Waals surface area contributed by atoms with Gasteiger partial charge in [-0.3, -0.25) is 10.1 Å². The molecule has 1 aromatic rings. The van der Waals surface area contributed by atoms with Crippen LogP contribution in [0.2, 0.25) is 0 Å². The summed E-state index contributed by atoms with van der Waals surface area (Å²) in [6.07, 6.45) is 1.64. The molecule has 1 aromatic carbocycles. The van der Waals surface area contributed by atoms with Crippen LogP contribution < -0.4 is 5.32 Å². The highest BCUT2D eigenvalue weighted by molar-refractivity contribution is 6.03. The van der Waals surface area contributed by atoms with Crippen molar-refractivity contribution in [1.29, 1.82) is 0 Å². The summed E-state index contributed by atoms with van der Waals surface area (Å²) in [5, 5.41) is 2.39. The molecule has 8 heteroatoms. The number of nitrogens with one attached hydrogen (secondary N) is 1. The predicted octanol–water partition coefficient (Wildman–Crippen LogP) is 0.969. The number of hydrogen-bond donors (Lipinski definition) is 1. The molecule has 0 radical (unpaired) electrons. The maximum Gasteiger partial charge on any atom is 0.325 e. The standard InChI is InChI=1S/C17H20FN5O2/c1-21-14-13(15(24)20-17(21)25)23(10-11-4-6-12(18)7-5-11)16(19-14)22-8-2-3-9-22/h4-7,13-14H,2-3,8-10H2,1H3,(H,20,24,25). The number of urea groups is 1. The van der Waals surface area contributed by atoms with Gasteiger partial charge in [0.2, 0.25) is 0 Å². The van der Waals surface area contributed by atoms with E-state index in [0.717, 1.165) is 37.5 Å². The van der Waals surface area contributed by atoms with E-state index in [4.69, 9.17) is 4.99 Å². The molecule has 0 saturated carbocycles. The first-order valence-electron chi connectivity index (χ1n) is 8.46. The molecule has 0 aliphatic carbocycles. The third-order valence-electron chi connectivity index (χ3n) is 4.99. The number of carbonyl (C=O) groups excluding carboxylic acids is 2. The number of guanidine groups is 1. The van der Waals surface area contributed by atoms with Gasteiger partial charge in [0.05, 0.1) is 0 Å². The van der Waals surface area contributed by atoms with Crippen molar-refractivity contribution in [2.75, 3.05) is 20.1 Å².